The van der Waals surface area contributed by atoms with Crippen molar-refractivity contribution >= 4 is 27.4 Å². The molecule has 1 aliphatic heterocycles. The molecular formula is C11H15BrN4O3. The van der Waals surface area contributed by atoms with Crippen LogP contribution in [0.15, 0.2) is 10.5 Å². The van der Waals surface area contributed by atoms with E-state index in [9.17, 15) is 10.1 Å². The Kier molecular flexibility index (Phi) is 4.20. The summed E-state index contributed by atoms with van der Waals surface area (Å²) in [6, 6.07) is 1.44. The van der Waals surface area contributed by atoms with E-state index in [1.165, 1.54) is 13.2 Å². The van der Waals surface area contributed by atoms with Crippen LogP contribution in [0.3, 0.4) is 0 Å². The fraction of sp³-hybridized carbons (Fsp3) is 0.545. The molecule has 104 valence electrons. The maximum absolute atomic E-state index is 11.1. The van der Waals surface area contributed by atoms with Crippen molar-refractivity contribution in [3.8, 4) is 5.88 Å². The summed E-state index contributed by atoms with van der Waals surface area (Å²) in [5.74, 6) is 0.734. The highest BCUT2D eigenvalue weighted by molar-refractivity contribution is 9.10. The van der Waals surface area contributed by atoms with Gasteiger partial charge in [-0.1, -0.05) is 0 Å². The smallest absolute Gasteiger partial charge is 0.312 e. The van der Waals surface area contributed by atoms with Crippen LogP contribution in [0.5, 0.6) is 5.88 Å². The SMILES string of the molecule is COc1nc(N2CCN(C)CC2)c([N+](=O)[O-])cc1Br. The first-order valence-electron chi connectivity index (χ1n) is 5.85. The molecule has 1 aromatic heterocycles. The predicted octanol–water partition coefficient (Wildman–Crippen LogP) is 1.51. The molecule has 0 radical (unpaired) electrons. The summed E-state index contributed by atoms with van der Waals surface area (Å²) in [5.41, 5.74) is -0.00257. The second-order valence-electron chi connectivity index (χ2n) is 4.37. The number of ether oxygens (including phenoxy) is 1. The Morgan fingerprint density at radius 2 is 2.05 bits per heavy atom. The van der Waals surface area contributed by atoms with Crippen molar-refractivity contribution in [3.63, 3.8) is 0 Å². The molecule has 0 N–H and O–H groups in total. The molecule has 1 fully saturated rings. The van der Waals surface area contributed by atoms with Gasteiger partial charge in [0.15, 0.2) is 0 Å². The average Bonchev–Trinajstić information content (AvgIpc) is 2.39. The molecular weight excluding hydrogens is 316 g/mol. The number of nitrogens with zero attached hydrogens (tertiary/aromatic N) is 4. The Labute approximate surface area is 119 Å². The zero-order valence-electron chi connectivity index (χ0n) is 10.8. The quantitative estimate of drug-likeness (QED) is 0.618. The second-order valence-corrected chi connectivity index (χ2v) is 5.22. The number of likely N-dealkylation sites (N-methyl/N-ethyl adjacent to an activating group) is 1. The standard InChI is InChI=1S/C11H15BrN4O3/c1-14-3-5-15(6-4-14)10-9(16(17)18)7-8(12)11(13-10)19-2/h7H,3-6H2,1-2H3. The molecule has 1 saturated heterocycles. The van der Waals surface area contributed by atoms with Crippen molar-refractivity contribution in [2.24, 2.45) is 0 Å². The number of halogens is 1. The molecule has 2 rings (SSSR count). The van der Waals surface area contributed by atoms with Crippen LogP contribution in [0.25, 0.3) is 0 Å². The Balaban J connectivity index is 2.39. The van der Waals surface area contributed by atoms with E-state index < -0.39 is 4.92 Å². The van der Waals surface area contributed by atoms with Gasteiger partial charge < -0.3 is 14.5 Å². The van der Waals surface area contributed by atoms with Crippen molar-refractivity contribution in [1.29, 1.82) is 0 Å². The Morgan fingerprint density at radius 3 is 2.58 bits per heavy atom. The zero-order valence-corrected chi connectivity index (χ0v) is 12.4. The maximum atomic E-state index is 11.1. The van der Waals surface area contributed by atoms with Gasteiger partial charge in [0.25, 0.3) is 0 Å². The molecule has 0 aromatic carbocycles. The molecule has 0 spiro atoms. The topological polar surface area (TPSA) is 71.7 Å². The van der Waals surface area contributed by atoms with Crippen LogP contribution < -0.4 is 9.64 Å². The molecule has 0 bridgehead atoms. The molecule has 0 saturated carbocycles. The summed E-state index contributed by atoms with van der Waals surface area (Å²) in [6.07, 6.45) is 0. The van der Waals surface area contributed by atoms with Crippen LogP contribution in [-0.2, 0) is 0 Å². The lowest BCUT2D eigenvalue weighted by atomic mass is 10.3. The van der Waals surface area contributed by atoms with Crippen molar-refractivity contribution < 1.29 is 9.66 Å². The molecule has 2 heterocycles. The summed E-state index contributed by atoms with van der Waals surface area (Å²) in [4.78, 5) is 19.1. The minimum Gasteiger partial charge on any atom is -0.480 e. The molecule has 7 nitrogen and oxygen atoms in total. The van der Waals surface area contributed by atoms with Crippen molar-refractivity contribution in [1.82, 2.24) is 9.88 Å². The molecule has 0 unspecified atom stereocenters. The Bertz CT molecular complexity index is 489. The maximum Gasteiger partial charge on any atom is 0.312 e. The molecule has 0 amide bonds. The van der Waals surface area contributed by atoms with Crippen LogP contribution in [-0.4, -0.2) is 55.1 Å². The van der Waals surface area contributed by atoms with Gasteiger partial charge in [-0.2, -0.15) is 4.98 Å². The first-order chi connectivity index (χ1) is 9.02. The number of aromatic nitrogens is 1. The van der Waals surface area contributed by atoms with Gasteiger partial charge in [0.2, 0.25) is 11.7 Å². The van der Waals surface area contributed by atoms with E-state index in [2.05, 4.69) is 25.8 Å². The number of pyridine rings is 1. The summed E-state index contributed by atoms with van der Waals surface area (Å²) in [5, 5.41) is 11.1. The lowest BCUT2D eigenvalue weighted by molar-refractivity contribution is -0.384. The molecule has 19 heavy (non-hydrogen) atoms. The molecule has 1 aliphatic rings. The fourth-order valence-electron chi connectivity index (χ4n) is 1.98. The third kappa shape index (κ3) is 2.95. The van der Waals surface area contributed by atoms with Crippen LogP contribution in [0, 0.1) is 10.1 Å². The van der Waals surface area contributed by atoms with Crippen molar-refractivity contribution in [2.45, 2.75) is 0 Å². The Morgan fingerprint density at radius 1 is 1.42 bits per heavy atom. The molecule has 0 atom stereocenters. The van der Waals surface area contributed by atoms with Gasteiger partial charge >= 0.3 is 5.69 Å². The second kappa shape index (κ2) is 5.70. The lowest BCUT2D eigenvalue weighted by Gasteiger charge is -2.32. The van der Waals surface area contributed by atoms with Gasteiger partial charge in [0.05, 0.1) is 16.5 Å². The highest BCUT2D eigenvalue weighted by atomic mass is 79.9. The largest absolute Gasteiger partial charge is 0.480 e. The molecule has 0 aliphatic carbocycles. The minimum absolute atomic E-state index is 0.00257. The lowest BCUT2D eigenvalue weighted by Crippen LogP contribution is -2.45. The molecule has 8 heteroatoms. The van der Waals surface area contributed by atoms with E-state index in [1.807, 2.05) is 11.9 Å². The van der Waals surface area contributed by atoms with Crippen LogP contribution >= 0.6 is 15.9 Å². The number of piperazine rings is 1. The first-order valence-corrected chi connectivity index (χ1v) is 6.64. The molecule has 1 aromatic rings. The summed E-state index contributed by atoms with van der Waals surface area (Å²) in [7, 11) is 3.52. The van der Waals surface area contributed by atoms with E-state index in [0.29, 0.717) is 16.2 Å². The van der Waals surface area contributed by atoms with E-state index >= 15 is 0 Å². The van der Waals surface area contributed by atoms with Gasteiger partial charge in [-0.25, -0.2) is 0 Å². The summed E-state index contributed by atoms with van der Waals surface area (Å²) >= 11 is 3.22. The highest BCUT2D eigenvalue weighted by Crippen LogP contribution is 2.34. The number of methoxy groups -OCH3 is 1. The van der Waals surface area contributed by atoms with E-state index in [0.717, 1.165) is 26.2 Å². The average molecular weight is 331 g/mol. The predicted molar refractivity (Wildman–Crippen MR) is 74.9 cm³/mol. The monoisotopic (exact) mass is 330 g/mol. The summed E-state index contributed by atoms with van der Waals surface area (Å²) < 4.78 is 5.60. The fourth-order valence-corrected chi connectivity index (χ4v) is 2.45. The summed E-state index contributed by atoms with van der Waals surface area (Å²) in [6.45, 7) is 3.15. The van der Waals surface area contributed by atoms with Crippen LogP contribution in [0.4, 0.5) is 11.5 Å². The van der Waals surface area contributed by atoms with Gasteiger partial charge in [0, 0.05) is 32.2 Å². The van der Waals surface area contributed by atoms with Gasteiger partial charge in [-0.3, -0.25) is 10.1 Å². The minimum atomic E-state index is -0.412. The van der Waals surface area contributed by atoms with E-state index in [-0.39, 0.29) is 5.69 Å². The zero-order chi connectivity index (χ0) is 14.0. The number of rotatable bonds is 3. The normalized spacial score (nSPS) is 16.5. The first kappa shape index (κ1) is 14.0. The van der Waals surface area contributed by atoms with Gasteiger partial charge in [-0.05, 0) is 23.0 Å². The van der Waals surface area contributed by atoms with Gasteiger partial charge in [-0.15, -0.1) is 0 Å². The van der Waals surface area contributed by atoms with Crippen molar-refractivity contribution in [2.75, 3.05) is 45.2 Å². The Hall–Kier alpha value is -1.41. The number of hydrogen-bond donors (Lipinski definition) is 0. The number of nitro groups is 1. The van der Waals surface area contributed by atoms with E-state index in [1.54, 1.807) is 0 Å². The third-order valence-electron chi connectivity index (χ3n) is 3.10. The van der Waals surface area contributed by atoms with Crippen LogP contribution in [0.1, 0.15) is 0 Å². The number of anilines is 1. The van der Waals surface area contributed by atoms with Crippen LogP contribution in [0.2, 0.25) is 0 Å². The van der Waals surface area contributed by atoms with Gasteiger partial charge in [0.1, 0.15) is 0 Å². The third-order valence-corrected chi connectivity index (χ3v) is 3.67. The van der Waals surface area contributed by atoms with Crippen molar-refractivity contribution in [3.05, 3.63) is 20.7 Å². The highest BCUT2D eigenvalue weighted by Gasteiger charge is 2.26. The number of hydrogen-bond acceptors (Lipinski definition) is 6. The van der Waals surface area contributed by atoms with E-state index in [4.69, 9.17) is 4.74 Å².